The van der Waals surface area contributed by atoms with Gasteiger partial charge in [-0.1, -0.05) is 48.0 Å². The second kappa shape index (κ2) is 13.4. The van der Waals surface area contributed by atoms with E-state index in [0.29, 0.717) is 29.7 Å². The van der Waals surface area contributed by atoms with Gasteiger partial charge in [-0.25, -0.2) is 0 Å². The number of hydrogen-bond donors (Lipinski definition) is 4. The second-order valence-corrected chi connectivity index (χ2v) is 12.3. The van der Waals surface area contributed by atoms with Gasteiger partial charge in [0.25, 0.3) is 11.9 Å². The monoisotopic (exact) mass is 638 g/mol. The van der Waals surface area contributed by atoms with Crippen LogP contribution in [0.4, 0.5) is 4.79 Å². The summed E-state index contributed by atoms with van der Waals surface area (Å²) < 4.78 is 18.1. The molecule has 0 unspecified atom stereocenters. The molecule has 6 rings (SSSR count). The third-order valence-electron chi connectivity index (χ3n) is 7.54. The number of quaternary nitrogens is 1. The second-order valence-electron chi connectivity index (χ2n) is 11.9. The smallest absolute Gasteiger partial charge is 0.295 e. The topological polar surface area (TPSA) is 166 Å². The van der Waals surface area contributed by atoms with E-state index < -0.39 is 12.3 Å². The van der Waals surface area contributed by atoms with E-state index in [-0.39, 0.29) is 30.8 Å². The van der Waals surface area contributed by atoms with Gasteiger partial charge in [0.2, 0.25) is 6.16 Å². The highest BCUT2D eigenvalue weighted by atomic mass is 35.5. The average Bonchev–Trinajstić information content (AvgIpc) is 3.68. The van der Waals surface area contributed by atoms with Crippen LogP contribution in [-0.2, 0) is 9.47 Å². The summed E-state index contributed by atoms with van der Waals surface area (Å²) >= 11 is 6.68. The SMILES string of the molecule is C[N+](C)(C)CCNC(=O)c1ccc(-c2ccc(-c3cc4nc(O[C@@H]5CO[C@H]6[C@@H]5OC[C@H]6O)[nH]c4cc3Cl)cc2)cc1.O=C([O-])O. The Balaban J connectivity index is 0.000000945. The molecule has 1 aromatic heterocycles. The van der Waals surface area contributed by atoms with E-state index in [2.05, 4.69) is 36.4 Å². The third kappa shape index (κ3) is 7.91. The summed E-state index contributed by atoms with van der Waals surface area (Å²) in [5.41, 5.74) is 6.00. The summed E-state index contributed by atoms with van der Waals surface area (Å²) in [5, 5.41) is 28.8. The Bertz CT molecular complexity index is 1650. The Morgan fingerprint density at radius 3 is 2.27 bits per heavy atom. The maximum absolute atomic E-state index is 12.5. The number of likely N-dealkylation sites (N-methyl/N-ethyl adjacent to an activating group) is 1. The number of imidazole rings is 1. The van der Waals surface area contributed by atoms with E-state index in [1.54, 1.807) is 0 Å². The molecule has 0 spiro atoms. The van der Waals surface area contributed by atoms with Crippen molar-refractivity contribution in [3.63, 3.8) is 0 Å². The number of carboxylic acid groups (broad SMARTS) is 2. The van der Waals surface area contributed by atoms with Crippen LogP contribution in [0.1, 0.15) is 10.4 Å². The number of ether oxygens (including phenoxy) is 3. The van der Waals surface area contributed by atoms with Crippen LogP contribution in [0.25, 0.3) is 33.3 Å². The molecule has 3 aromatic carbocycles. The van der Waals surface area contributed by atoms with Crippen molar-refractivity contribution in [2.75, 3.05) is 47.4 Å². The Hall–Kier alpha value is -4.20. The molecular formula is C32H35ClN4O8. The van der Waals surface area contributed by atoms with Gasteiger partial charge in [-0.2, -0.15) is 4.98 Å². The lowest BCUT2D eigenvalue weighted by molar-refractivity contribution is -0.869. The molecule has 3 heterocycles. The number of hydrogen-bond acceptors (Lipinski definition) is 8. The molecule has 4 atom stereocenters. The zero-order valence-electron chi connectivity index (χ0n) is 25.0. The highest BCUT2D eigenvalue weighted by Gasteiger charge is 2.48. The summed E-state index contributed by atoms with van der Waals surface area (Å²) in [7, 11) is 6.30. The molecule has 238 valence electrons. The molecule has 1 amide bonds. The van der Waals surface area contributed by atoms with Gasteiger partial charge in [0.05, 0.1) is 63.5 Å². The van der Waals surface area contributed by atoms with Gasteiger partial charge in [-0.15, -0.1) is 0 Å². The number of H-pyrrole nitrogens is 1. The molecular weight excluding hydrogens is 604 g/mol. The zero-order chi connectivity index (χ0) is 32.3. The minimum Gasteiger partial charge on any atom is -0.565 e. The molecule has 13 heteroatoms. The van der Waals surface area contributed by atoms with Crippen LogP contribution < -0.4 is 15.2 Å². The number of amides is 1. The number of aromatic nitrogens is 2. The first kappa shape index (κ1) is 32.2. The van der Waals surface area contributed by atoms with Crippen molar-refractivity contribution in [2.24, 2.45) is 0 Å². The van der Waals surface area contributed by atoms with Crippen molar-refractivity contribution in [1.82, 2.24) is 15.3 Å². The van der Waals surface area contributed by atoms with Gasteiger partial charge in [0.1, 0.15) is 18.3 Å². The number of nitrogens with zero attached hydrogens (tertiary/aromatic N) is 2. The first-order valence-electron chi connectivity index (χ1n) is 14.3. The number of aromatic amines is 1. The largest absolute Gasteiger partial charge is 0.565 e. The number of rotatable bonds is 8. The molecule has 0 radical (unpaired) electrons. The average molecular weight is 639 g/mol. The molecule has 2 aliphatic rings. The summed E-state index contributed by atoms with van der Waals surface area (Å²) in [5.74, 6) is -0.0660. The number of fused-ring (bicyclic) bond motifs is 2. The van der Waals surface area contributed by atoms with Crippen molar-refractivity contribution < 1.29 is 43.6 Å². The van der Waals surface area contributed by atoms with E-state index in [1.165, 1.54) is 0 Å². The lowest BCUT2D eigenvalue weighted by Crippen LogP contribution is -2.41. The van der Waals surface area contributed by atoms with E-state index in [1.807, 2.05) is 60.7 Å². The fourth-order valence-corrected chi connectivity index (χ4v) is 5.51. The van der Waals surface area contributed by atoms with Crippen LogP contribution in [-0.4, -0.2) is 109 Å². The van der Waals surface area contributed by atoms with Crippen LogP contribution in [0.2, 0.25) is 5.02 Å². The van der Waals surface area contributed by atoms with Gasteiger partial charge < -0.3 is 49.1 Å². The fraction of sp³-hybridized carbons (Fsp3) is 0.344. The fourth-order valence-electron chi connectivity index (χ4n) is 5.24. The van der Waals surface area contributed by atoms with E-state index >= 15 is 0 Å². The number of aliphatic hydroxyl groups is 1. The molecule has 45 heavy (non-hydrogen) atoms. The van der Waals surface area contributed by atoms with Gasteiger partial charge >= 0.3 is 0 Å². The summed E-state index contributed by atoms with van der Waals surface area (Å²) in [4.78, 5) is 28.7. The Kier molecular flexibility index (Phi) is 9.61. The predicted molar refractivity (Wildman–Crippen MR) is 165 cm³/mol. The van der Waals surface area contributed by atoms with Crippen molar-refractivity contribution in [3.8, 4) is 28.3 Å². The number of halogens is 1. The first-order chi connectivity index (χ1) is 21.4. The number of aliphatic hydroxyl groups excluding tert-OH is 1. The van der Waals surface area contributed by atoms with Crippen LogP contribution in [0.15, 0.2) is 60.7 Å². The lowest BCUT2D eigenvalue weighted by Gasteiger charge is -2.23. The highest BCUT2D eigenvalue weighted by Crippen LogP contribution is 2.35. The molecule has 2 fully saturated rings. The van der Waals surface area contributed by atoms with Gasteiger partial charge in [-0.05, 0) is 41.0 Å². The minimum absolute atomic E-state index is 0.0660. The van der Waals surface area contributed by atoms with Crippen molar-refractivity contribution in [1.29, 1.82) is 0 Å². The Morgan fingerprint density at radius 1 is 1.02 bits per heavy atom. The van der Waals surface area contributed by atoms with Crippen molar-refractivity contribution in [2.45, 2.75) is 24.4 Å². The minimum atomic E-state index is -2.08. The van der Waals surface area contributed by atoms with Crippen LogP contribution in [0, 0.1) is 0 Å². The number of carbonyl (C=O) groups excluding carboxylic acids is 1. The lowest BCUT2D eigenvalue weighted by atomic mass is 9.99. The molecule has 4 aromatic rings. The normalized spacial score (nSPS) is 20.7. The quantitative estimate of drug-likeness (QED) is 0.212. The first-order valence-corrected chi connectivity index (χ1v) is 14.7. The number of carbonyl (C=O) groups is 2. The van der Waals surface area contributed by atoms with Gasteiger partial charge in [0.15, 0.2) is 6.10 Å². The van der Waals surface area contributed by atoms with Crippen LogP contribution in [0.5, 0.6) is 6.01 Å². The molecule has 12 nitrogen and oxygen atoms in total. The zero-order valence-corrected chi connectivity index (χ0v) is 25.8. The standard InChI is InChI=1S/C31H33ClN4O5.CH2O3/c1-36(2,3)13-12-33-30(38)21-10-6-19(7-11-21)18-4-8-20(9-5-18)22-14-24-25(15-23(22)32)35-31(34-24)41-27-17-40-28-26(37)16-39-29(27)28;2-1(3)4/h4-11,14-15,26-29,37H,12-13,16-17H2,1-3H3,(H-,33,34,35,38);(H2,2,3,4)/t26-,27-,28-,29-;/m1./s1. The maximum atomic E-state index is 12.5. The molecule has 2 saturated heterocycles. The van der Waals surface area contributed by atoms with E-state index in [0.717, 1.165) is 44.3 Å². The van der Waals surface area contributed by atoms with Crippen molar-refractivity contribution in [3.05, 3.63) is 71.2 Å². The molecule has 0 bridgehead atoms. The summed E-state index contributed by atoms with van der Waals surface area (Å²) in [6, 6.07) is 19.9. The van der Waals surface area contributed by atoms with Gasteiger partial charge in [0, 0.05) is 11.1 Å². The number of benzene rings is 3. The molecule has 2 aliphatic heterocycles. The summed E-state index contributed by atoms with van der Waals surface area (Å²) in [6.07, 6.45) is -3.75. The highest BCUT2D eigenvalue weighted by molar-refractivity contribution is 6.34. The van der Waals surface area contributed by atoms with Crippen molar-refractivity contribution >= 4 is 34.7 Å². The Morgan fingerprint density at radius 2 is 1.62 bits per heavy atom. The molecule has 4 N–H and O–H groups in total. The van der Waals surface area contributed by atoms with Crippen LogP contribution in [0.3, 0.4) is 0 Å². The van der Waals surface area contributed by atoms with Gasteiger partial charge in [-0.3, -0.25) is 4.79 Å². The molecule has 0 aliphatic carbocycles. The summed E-state index contributed by atoms with van der Waals surface area (Å²) in [6.45, 7) is 2.06. The maximum Gasteiger partial charge on any atom is 0.295 e. The Labute approximate surface area is 264 Å². The van der Waals surface area contributed by atoms with E-state index in [9.17, 15) is 9.90 Å². The van der Waals surface area contributed by atoms with Crippen LogP contribution >= 0.6 is 11.6 Å². The number of nitrogens with one attached hydrogen (secondary N) is 2. The van der Waals surface area contributed by atoms with E-state index in [4.69, 9.17) is 40.8 Å². The molecule has 0 saturated carbocycles. The third-order valence-corrected chi connectivity index (χ3v) is 7.85. The predicted octanol–water partition coefficient (Wildman–Crippen LogP) is 2.78.